The van der Waals surface area contributed by atoms with Gasteiger partial charge in [0.1, 0.15) is 5.82 Å². The Morgan fingerprint density at radius 2 is 2.17 bits per heavy atom. The van der Waals surface area contributed by atoms with Crippen molar-refractivity contribution in [3.05, 3.63) is 42.3 Å². The van der Waals surface area contributed by atoms with E-state index in [1.54, 1.807) is 0 Å². The van der Waals surface area contributed by atoms with E-state index in [4.69, 9.17) is 4.52 Å². The molecule has 5 heteroatoms. The van der Waals surface area contributed by atoms with E-state index >= 15 is 0 Å². The van der Waals surface area contributed by atoms with E-state index in [2.05, 4.69) is 32.7 Å². The molecule has 0 aliphatic rings. The second kappa shape index (κ2) is 4.60. The van der Waals surface area contributed by atoms with Crippen LogP contribution in [0.3, 0.4) is 0 Å². The minimum Gasteiger partial charge on any atom is -0.343 e. The second-order valence-corrected chi connectivity index (χ2v) is 4.20. The number of para-hydroxylation sites is 2. The lowest BCUT2D eigenvalue weighted by molar-refractivity contribution is 0.408. The Bertz CT molecular complexity index is 642. The van der Waals surface area contributed by atoms with Crippen LogP contribution in [-0.4, -0.2) is 19.7 Å². The highest BCUT2D eigenvalue weighted by molar-refractivity contribution is 5.75. The van der Waals surface area contributed by atoms with E-state index in [-0.39, 0.29) is 0 Å². The molecule has 0 bridgehead atoms. The van der Waals surface area contributed by atoms with Crippen molar-refractivity contribution in [2.75, 3.05) is 0 Å². The van der Waals surface area contributed by atoms with Crippen molar-refractivity contribution in [1.82, 2.24) is 19.7 Å². The fourth-order valence-corrected chi connectivity index (χ4v) is 2.12. The molecule has 92 valence electrons. The van der Waals surface area contributed by atoms with Gasteiger partial charge in [-0.25, -0.2) is 4.98 Å². The number of hydrogen-bond acceptors (Lipinski definition) is 4. The van der Waals surface area contributed by atoms with Gasteiger partial charge in [0.15, 0.2) is 5.82 Å². The third kappa shape index (κ3) is 1.88. The second-order valence-electron chi connectivity index (χ2n) is 4.20. The molecule has 0 spiro atoms. The van der Waals surface area contributed by atoms with E-state index < -0.39 is 0 Å². The van der Waals surface area contributed by atoms with Crippen LogP contribution in [0.1, 0.15) is 25.0 Å². The van der Waals surface area contributed by atoms with Gasteiger partial charge in [-0.1, -0.05) is 24.2 Å². The molecule has 3 aromatic rings. The normalized spacial score (nSPS) is 11.2. The number of hydrogen-bond donors (Lipinski definition) is 0. The Morgan fingerprint density at radius 3 is 2.94 bits per heavy atom. The molecular formula is C13H14N4O. The minimum absolute atomic E-state index is 0.604. The predicted octanol–water partition coefficient (Wildman–Crippen LogP) is 2.42. The highest BCUT2D eigenvalue weighted by atomic mass is 16.5. The number of benzene rings is 1. The van der Waals surface area contributed by atoms with Crippen molar-refractivity contribution in [3.63, 3.8) is 0 Å². The molecule has 2 heterocycles. The maximum Gasteiger partial charge on any atom is 0.213 e. The topological polar surface area (TPSA) is 56.7 Å². The highest BCUT2D eigenvalue weighted by Gasteiger charge is 2.11. The third-order valence-electron chi connectivity index (χ3n) is 2.91. The molecule has 0 amide bonds. The van der Waals surface area contributed by atoms with Crippen LogP contribution in [0.2, 0.25) is 0 Å². The molecule has 0 aliphatic heterocycles. The highest BCUT2D eigenvalue weighted by Crippen LogP contribution is 2.18. The van der Waals surface area contributed by atoms with Gasteiger partial charge in [0.2, 0.25) is 6.39 Å². The first kappa shape index (κ1) is 11.0. The summed E-state index contributed by atoms with van der Waals surface area (Å²) in [4.78, 5) is 8.73. The summed E-state index contributed by atoms with van der Waals surface area (Å²) < 4.78 is 6.94. The molecule has 0 unspecified atom stereocenters. The van der Waals surface area contributed by atoms with E-state index in [1.807, 2.05) is 18.2 Å². The summed E-state index contributed by atoms with van der Waals surface area (Å²) in [6.45, 7) is 2.75. The molecule has 3 rings (SSSR count). The smallest absolute Gasteiger partial charge is 0.213 e. The molecule has 18 heavy (non-hydrogen) atoms. The predicted molar refractivity (Wildman–Crippen MR) is 67.1 cm³/mol. The maximum atomic E-state index is 4.78. The molecular weight excluding hydrogens is 228 g/mol. The zero-order valence-electron chi connectivity index (χ0n) is 10.2. The summed E-state index contributed by atoms with van der Waals surface area (Å²) in [5, 5.41) is 3.86. The number of fused-ring (bicyclic) bond motifs is 1. The van der Waals surface area contributed by atoms with E-state index in [1.165, 1.54) is 6.39 Å². The first-order chi connectivity index (χ1) is 8.88. The van der Waals surface area contributed by atoms with Crippen molar-refractivity contribution in [1.29, 1.82) is 0 Å². The van der Waals surface area contributed by atoms with Crippen molar-refractivity contribution < 1.29 is 4.52 Å². The van der Waals surface area contributed by atoms with Crippen LogP contribution >= 0.6 is 0 Å². The van der Waals surface area contributed by atoms with Crippen molar-refractivity contribution in [2.24, 2.45) is 0 Å². The van der Waals surface area contributed by atoms with Gasteiger partial charge in [-0.3, -0.25) is 0 Å². The molecule has 0 radical (unpaired) electrons. The molecule has 0 aliphatic carbocycles. The molecule has 0 saturated carbocycles. The Hall–Kier alpha value is -2.17. The number of rotatable bonds is 4. The van der Waals surface area contributed by atoms with Gasteiger partial charge in [0.25, 0.3) is 0 Å². The van der Waals surface area contributed by atoms with Gasteiger partial charge in [-0.05, 0) is 18.6 Å². The molecule has 0 saturated heterocycles. The van der Waals surface area contributed by atoms with Gasteiger partial charge in [-0.15, -0.1) is 0 Å². The monoisotopic (exact) mass is 242 g/mol. The molecule has 0 N–H and O–H groups in total. The van der Waals surface area contributed by atoms with Crippen LogP contribution < -0.4 is 0 Å². The Kier molecular flexibility index (Phi) is 2.80. The number of aryl methyl sites for hydroxylation is 1. The quantitative estimate of drug-likeness (QED) is 0.705. The average Bonchev–Trinajstić information content (AvgIpc) is 3.00. The Morgan fingerprint density at radius 1 is 1.28 bits per heavy atom. The fraction of sp³-hybridized carbons (Fsp3) is 0.308. The van der Waals surface area contributed by atoms with Gasteiger partial charge >= 0.3 is 0 Å². The molecule has 2 aromatic heterocycles. The lowest BCUT2D eigenvalue weighted by atomic mass is 10.3. The van der Waals surface area contributed by atoms with Gasteiger partial charge < -0.3 is 9.09 Å². The van der Waals surface area contributed by atoms with E-state index in [9.17, 15) is 0 Å². The number of nitrogens with zero attached hydrogens (tertiary/aromatic N) is 4. The Balaban J connectivity index is 2.09. The van der Waals surface area contributed by atoms with Crippen LogP contribution in [0.15, 0.2) is 35.2 Å². The summed E-state index contributed by atoms with van der Waals surface area (Å²) in [7, 11) is 0. The third-order valence-corrected chi connectivity index (χ3v) is 2.91. The lowest BCUT2D eigenvalue weighted by Gasteiger charge is -2.05. The van der Waals surface area contributed by atoms with Crippen LogP contribution in [0.5, 0.6) is 0 Å². The van der Waals surface area contributed by atoms with Gasteiger partial charge in [0, 0.05) is 6.42 Å². The largest absolute Gasteiger partial charge is 0.343 e. The average molecular weight is 242 g/mol. The van der Waals surface area contributed by atoms with E-state index in [0.29, 0.717) is 12.4 Å². The van der Waals surface area contributed by atoms with Crippen LogP contribution in [0.4, 0.5) is 0 Å². The summed E-state index contributed by atoms with van der Waals surface area (Å²) in [6, 6.07) is 8.12. The first-order valence-electron chi connectivity index (χ1n) is 6.08. The number of imidazole rings is 1. The molecule has 1 aromatic carbocycles. The standard InChI is InChI=1S/C13H14N4O/c1-2-5-13-15-10-6-3-4-7-11(10)17(13)8-12-14-9-18-16-12/h3-4,6-7,9H,2,5,8H2,1H3. The van der Waals surface area contributed by atoms with Crippen LogP contribution in [0.25, 0.3) is 11.0 Å². The summed E-state index contributed by atoms with van der Waals surface area (Å²) >= 11 is 0. The fourth-order valence-electron chi connectivity index (χ4n) is 2.12. The summed E-state index contributed by atoms with van der Waals surface area (Å²) in [5.74, 6) is 1.75. The van der Waals surface area contributed by atoms with Crippen molar-refractivity contribution >= 4 is 11.0 Å². The van der Waals surface area contributed by atoms with Crippen molar-refractivity contribution in [2.45, 2.75) is 26.3 Å². The lowest BCUT2D eigenvalue weighted by Crippen LogP contribution is -2.06. The van der Waals surface area contributed by atoms with E-state index in [0.717, 1.165) is 29.7 Å². The zero-order valence-corrected chi connectivity index (χ0v) is 10.2. The molecule has 0 atom stereocenters. The summed E-state index contributed by atoms with van der Waals surface area (Å²) in [6.07, 6.45) is 3.37. The van der Waals surface area contributed by atoms with Gasteiger partial charge in [-0.2, -0.15) is 4.98 Å². The SMILES string of the molecule is CCCc1nc2ccccc2n1Cc1ncon1. The minimum atomic E-state index is 0.604. The van der Waals surface area contributed by atoms with Gasteiger partial charge in [0.05, 0.1) is 17.6 Å². The first-order valence-corrected chi connectivity index (χ1v) is 6.08. The number of aromatic nitrogens is 4. The zero-order chi connectivity index (χ0) is 12.4. The van der Waals surface area contributed by atoms with Crippen LogP contribution in [0, 0.1) is 0 Å². The van der Waals surface area contributed by atoms with Crippen molar-refractivity contribution in [3.8, 4) is 0 Å². The Labute approximate surface area is 104 Å². The molecule has 5 nitrogen and oxygen atoms in total. The molecule has 0 fully saturated rings. The maximum absolute atomic E-state index is 4.78. The summed E-state index contributed by atoms with van der Waals surface area (Å²) in [5.41, 5.74) is 2.13. The van der Waals surface area contributed by atoms with Crippen LogP contribution in [-0.2, 0) is 13.0 Å².